The van der Waals surface area contributed by atoms with Crippen molar-refractivity contribution in [2.75, 3.05) is 6.54 Å². The van der Waals surface area contributed by atoms with Gasteiger partial charge in [-0.25, -0.2) is 4.39 Å². The van der Waals surface area contributed by atoms with E-state index in [1.807, 2.05) is 18.2 Å². The molecule has 1 atom stereocenters. The first-order valence-electron chi connectivity index (χ1n) is 6.67. The van der Waals surface area contributed by atoms with Crippen molar-refractivity contribution in [1.82, 2.24) is 5.32 Å². The maximum atomic E-state index is 13.1. The molecule has 112 valence electrons. The topological polar surface area (TPSA) is 21.3 Å². The van der Waals surface area contributed by atoms with Crippen LogP contribution in [0, 0.1) is 5.82 Å². The van der Waals surface area contributed by atoms with E-state index in [2.05, 4.69) is 51.0 Å². The van der Waals surface area contributed by atoms with Crippen molar-refractivity contribution in [3.05, 3.63) is 56.7 Å². The highest BCUT2D eigenvalue weighted by atomic mass is 79.9. The zero-order chi connectivity index (χ0) is 15.4. The molecule has 0 aromatic heterocycles. The first-order valence-corrected chi connectivity index (χ1v) is 8.25. The van der Waals surface area contributed by atoms with Crippen LogP contribution in [0.3, 0.4) is 0 Å². The van der Waals surface area contributed by atoms with E-state index in [1.165, 1.54) is 17.7 Å². The largest absolute Gasteiger partial charge is 0.456 e. The van der Waals surface area contributed by atoms with Gasteiger partial charge in [-0.15, -0.1) is 0 Å². The van der Waals surface area contributed by atoms with E-state index in [0.29, 0.717) is 16.0 Å². The number of benzene rings is 2. The smallest absolute Gasteiger partial charge is 0.141 e. The molecule has 21 heavy (non-hydrogen) atoms. The summed E-state index contributed by atoms with van der Waals surface area (Å²) in [5, 5.41) is 3.37. The van der Waals surface area contributed by atoms with Gasteiger partial charge >= 0.3 is 0 Å². The first-order chi connectivity index (χ1) is 10.0. The van der Waals surface area contributed by atoms with Gasteiger partial charge in [0.05, 0.1) is 4.47 Å². The van der Waals surface area contributed by atoms with Crippen molar-refractivity contribution < 1.29 is 9.13 Å². The third kappa shape index (κ3) is 4.28. The monoisotopic (exact) mass is 415 g/mol. The summed E-state index contributed by atoms with van der Waals surface area (Å²) in [5.41, 5.74) is 1.17. The molecule has 0 fully saturated rings. The molecule has 2 aromatic rings. The number of nitrogens with one attached hydrogen (secondary N) is 1. The maximum absolute atomic E-state index is 13.1. The summed E-state index contributed by atoms with van der Waals surface area (Å²) >= 11 is 6.86. The Hall–Kier alpha value is -0.910. The summed E-state index contributed by atoms with van der Waals surface area (Å²) in [4.78, 5) is 0. The van der Waals surface area contributed by atoms with Crippen molar-refractivity contribution >= 4 is 31.9 Å². The van der Waals surface area contributed by atoms with Gasteiger partial charge in [-0.1, -0.05) is 28.9 Å². The molecule has 5 heteroatoms. The predicted octanol–water partition coefficient (Wildman–Crippen LogP) is 5.81. The minimum Gasteiger partial charge on any atom is -0.456 e. The van der Waals surface area contributed by atoms with E-state index < -0.39 is 0 Å². The van der Waals surface area contributed by atoms with Crippen molar-refractivity contribution in [3.63, 3.8) is 0 Å². The lowest BCUT2D eigenvalue weighted by Gasteiger charge is -2.16. The van der Waals surface area contributed by atoms with Crippen LogP contribution < -0.4 is 10.1 Å². The lowest BCUT2D eigenvalue weighted by Crippen LogP contribution is -2.17. The van der Waals surface area contributed by atoms with Gasteiger partial charge in [0, 0.05) is 10.5 Å². The lowest BCUT2D eigenvalue weighted by molar-refractivity contribution is 0.476. The summed E-state index contributed by atoms with van der Waals surface area (Å²) < 4.78 is 20.4. The average molecular weight is 417 g/mol. The molecule has 0 aliphatic rings. The highest BCUT2D eigenvalue weighted by molar-refractivity contribution is 9.10. The van der Waals surface area contributed by atoms with Gasteiger partial charge in [-0.3, -0.25) is 0 Å². The second kappa shape index (κ2) is 7.38. The third-order valence-corrected chi connectivity index (χ3v) is 4.38. The Morgan fingerprint density at radius 1 is 1.14 bits per heavy atom. The number of halogens is 3. The molecule has 0 amide bonds. The number of ether oxygens (including phenoxy) is 1. The highest BCUT2D eigenvalue weighted by Crippen LogP contribution is 2.33. The van der Waals surface area contributed by atoms with Gasteiger partial charge in [-0.05, 0) is 65.3 Å². The van der Waals surface area contributed by atoms with E-state index >= 15 is 0 Å². The molecule has 0 spiro atoms. The lowest BCUT2D eigenvalue weighted by atomic mass is 10.1. The zero-order valence-corrected chi connectivity index (χ0v) is 15.0. The first kappa shape index (κ1) is 16.5. The second-order valence-electron chi connectivity index (χ2n) is 4.64. The molecule has 2 aromatic carbocycles. The standard InChI is InChI=1S/C16H16Br2FNO/c1-3-20-10(2)13-6-5-12(9-14(13)17)21-16-7-4-11(19)8-15(16)18/h4-10,20H,3H2,1-2H3. The van der Waals surface area contributed by atoms with Crippen LogP contribution in [0.25, 0.3) is 0 Å². The fraction of sp³-hybridized carbons (Fsp3) is 0.250. The van der Waals surface area contributed by atoms with E-state index in [-0.39, 0.29) is 11.9 Å². The second-order valence-corrected chi connectivity index (χ2v) is 6.35. The maximum Gasteiger partial charge on any atom is 0.141 e. The van der Waals surface area contributed by atoms with E-state index in [1.54, 1.807) is 6.07 Å². The normalized spacial score (nSPS) is 12.2. The van der Waals surface area contributed by atoms with Crippen molar-refractivity contribution in [1.29, 1.82) is 0 Å². The van der Waals surface area contributed by atoms with Crippen LogP contribution in [0.5, 0.6) is 11.5 Å². The summed E-state index contributed by atoms with van der Waals surface area (Å²) in [5.74, 6) is 0.975. The van der Waals surface area contributed by atoms with Crippen molar-refractivity contribution in [3.8, 4) is 11.5 Å². The number of hydrogen-bond acceptors (Lipinski definition) is 2. The van der Waals surface area contributed by atoms with E-state index in [4.69, 9.17) is 4.74 Å². The molecule has 2 rings (SSSR count). The predicted molar refractivity (Wildman–Crippen MR) is 90.4 cm³/mol. The van der Waals surface area contributed by atoms with Gasteiger partial charge < -0.3 is 10.1 Å². The third-order valence-electron chi connectivity index (χ3n) is 3.07. The van der Waals surface area contributed by atoms with Gasteiger partial charge in [0.2, 0.25) is 0 Å². The molecule has 0 bridgehead atoms. The Kier molecular flexibility index (Phi) is 5.79. The van der Waals surface area contributed by atoms with Crippen LogP contribution in [-0.4, -0.2) is 6.54 Å². The molecule has 0 aliphatic heterocycles. The molecule has 0 saturated heterocycles. The Labute approximate surface area is 141 Å². The molecule has 1 unspecified atom stereocenters. The quantitative estimate of drug-likeness (QED) is 0.663. The fourth-order valence-electron chi connectivity index (χ4n) is 2.02. The van der Waals surface area contributed by atoms with Crippen LogP contribution in [0.15, 0.2) is 45.3 Å². The zero-order valence-electron chi connectivity index (χ0n) is 11.8. The summed E-state index contributed by atoms with van der Waals surface area (Å²) in [6, 6.07) is 10.5. The SMILES string of the molecule is CCNC(C)c1ccc(Oc2ccc(F)cc2Br)cc1Br. The number of rotatable bonds is 5. The van der Waals surface area contributed by atoms with Crippen molar-refractivity contribution in [2.24, 2.45) is 0 Å². The number of hydrogen-bond donors (Lipinski definition) is 1. The Morgan fingerprint density at radius 2 is 1.90 bits per heavy atom. The molecule has 2 nitrogen and oxygen atoms in total. The van der Waals surface area contributed by atoms with Gasteiger partial charge in [0.15, 0.2) is 0 Å². The van der Waals surface area contributed by atoms with E-state index in [0.717, 1.165) is 11.0 Å². The van der Waals surface area contributed by atoms with Crippen LogP contribution >= 0.6 is 31.9 Å². The molecular formula is C16H16Br2FNO. The Bertz CT molecular complexity index is 634. The van der Waals surface area contributed by atoms with Gasteiger partial charge in [-0.2, -0.15) is 0 Å². The molecule has 0 heterocycles. The molecule has 1 N–H and O–H groups in total. The summed E-state index contributed by atoms with van der Waals surface area (Å²) in [6.07, 6.45) is 0. The minimum absolute atomic E-state index is 0.260. The average Bonchev–Trinajstić information content (AvgIpc) is 2.42. The van der Waals surface area contributed by atoms with E-state index in [9.17, 15) is 4.39 Å². The van der Waals surface area contributed by atoms with Crippen LogP contribution in [0.4, 0.5) is 4.39 Å². The summed E-state index contributed by atoms with van der Waals surface area (Å²) in [6.45, 7) is 5.10. The molecule has 0 aliphatic carbocycles. The Balaban J connectivity index is 2.20. The van der Waals surface area contributed by atoms with Crippen molar-refractivity contribution in [2.45, 2.75) is 19.9 Å². The Morgan fingerprint density at radius 3 is 2.52 bits per heavy atom. The molecular weight excluding hydrogens is 401 g/mol. The van der Waals surface area contributed by atoms with Gasteiger partial charge in [0.1, 0.15) is 17.3 Å². The molecule has 0 saturated carbocycles. The highest BCUT2D eigenvalue weighted by Gasteiger charge is 2.10. The minimum atomic E-state index is -0.301. The van der Waals surface area contributed by atoms with Gasteiger partial charge in [0.25, 0.3) is 0 Å². The molecule has 0 radical (unpaired) electrons. The van der Waals surface area contributed by atoms with Crippen LogP contribution in [0.2, 0.25) is 0 Å². The fourth-order valence-corrected chi connectivity index (χ4v) is 3.16. The summed E-state index contributed by atoms with van der Waals surface area (Å²) in [7, 11) is 0. The van der Waals surface area contributed by atoms with Crippen LogP contribution in [-0.2, 0) is 0 Å². The van der Waals surface area contributed by atoms with Crippen LogP contribution in [0.1, 0.15) is 25.5 Å².